The van der Waals surface area contributed by atoms with E-state index in [4.69, 9.17) is 4.74 Å². The standard InChI is InChI=1S/C25H18Br2N4O2/c1-33-24-21(26)10-18(11-22(24)27)25(32)30-29-13-19-15-31(23-9-5-4-8-20(19)23)14-17-7-3-2-6-16(17)12-28/h2-11,13,15H,14H2,1H3,(H,30,32)/b29-13+. The maximum atomic E-state index is 12.6. The van der Waals surface area contributed by atoms with Crippen molar-refractivity contribution in [1.29, 1.82) is 5.26 Å². The van der Waals surface area contributed by atoms with Gasteiger partial charge in [0.15, 0.2) is 0 Å². The maximum absolute atomic E-state index is 12.6. The number of aromatic nitrogens is 1. The van der Waals surface area contributed by atoms with Gasteiger partial charge >= 0.3 is 0 Å². The fraction of sp³-hybridized carbons (Fsp3) is 0.0800. The van der Waals surface area contributed by atoms with Crippen molar-refractivity contribution < 1.29 is 9.53 Å². The maximum Gasteiger partial charge on any atom is 0.271 e. The van der Waals surface area contributed by atoms with Gasteiger partial charge in [-0.05, 0) is 61.7 Å². The molecule has 0 saturated carbocycles. The molecular formula is C25H18Br2N4O2. The molecule has 33 heavy (non-hydrogen) atoms. The summed E-state index contributed by atoms with van der Waals surface area (Å²) in [5.74, 6) is 0.267. The van der Waals surface area contributed by atoms with Crippen LogP contribution in [0.15, 0.2) is 80.9 Å². The van der Waals surface area contributed by atoms with Crippen molar-refractivity contribution in [3.05, 3.63) is 98.1 Å². The van der Waals surface area contributed by atoms with Gasteiger partial charge in [-0.25, -0.2) is 5.43 Å². The van der Waals surface area contributed by atoms with Crippen LogP contribution in [0.1, 0.15) is 27.0 Å². The molecule has 0 saturated heterocycles. The van der Waals surface area contributed by atoms with Crippen LogP contribution in [0.2, 0.25) is 0 Å². The Morgan fingerprint density at radius 3 is 2.58 bits per heavy atom. The Hall–Kier alpha value is -3.41. The van der Waals surface area contributed by atoms with Crippen molar-refractivity contribution in [1.82, 2.24) is 9.99 Å². The fourth-order valence-electron chi connectivity index (χ4n) is 3.57. The van der Waals surface area contributed by atoms with Gasteiger partial charge in [0.05, 0.1) is 33.9 Å². The highest BCUT2D eigenvalue weighted by Crippen LogP contribution is 2.34. The summed E-state index contributed by atoms with van der Waals surface area (Å²) in [6.45, 7) is 0.554. The largest absolute Gasteiger partial charge is 0.494 e. The number of para-hydroxylation sites is 1. The molecule has 0 unspecified atom stereocenters. The number of rotatable bonds is 6. The van der Waals surface area contributed by atoms with Crippen molar-refractivity contribution in [3.63, 3.8) is 0 Å². The van der Waals surface area contributed by atoms with Crippen molar-refractivity contribution in [2.24, 2.45) is 5.10 Å². The zero-order chi connectivity index (χ0) is 23.4. The van der Waals surface area contributed by atoms with Crippen molar-refractivity contribution in [3.8, 4) is 11.8 Å². The number of benzene rings is 3. The van der Waals surface area contributed by atoms with Crippen LogP contribution in [0.5, 0.6) is 5.75 Å². The number of hydrazone groups is 1. The third-order valence-electron chi connectivity index (χ3n) is 5.13. The van der Waals surface area contributed by atoms with Crippen LogP contribution in [0.25, 0.3) is 10.9 Å². The number of methoxy groups -OCH3 is 1. The summed E-state index contributed by atoms with van der Waals surface area (Å²) in [6.07, 6.45) is 3.59. The lowest BCUT2D eigenvalue weighted by molar-refractivity contribution is 0.0955. The Labute approximate surface area is 207 Å². The van der Waals surface area contributed by atoms with Crippen LogP contribution in [0.4, 0.5) is 0 Å². The third-order valence-corrected chi connectivity index (χ3v) is 6.31. The summed E-state index contributed by atoms with van der Waals surface area (Å²) in [4.78, 5) is 12.6. The topological polar surface area (TPSA) is 79.4 Å². The van der Waals surface area contributed by atoms with Gasteiger partial charge in [-0.1, -0.05) is 36.4 Å². The zero-order valence-corrected chi connectivity index (χ0v) is 20.7. The molecule has 1 aromatic heterocycles. The highest BCUT2D eigenvalue weighted by molar-refractivity contribution is 9.11. The number of nitrogens with one attached hydrogen (secondary N) is 1. The summed E-state index contributed by atoms with van der Waals surface area (Å²) in [7, 11) is 1.56. The van der Waals surface area contributed by atoms with Crippen molar-refractivity contribution >= 4 is 54.9 Å². The van der Waals surface area contributed by atoms with Gasteiger partial charge in [0.2, 0.25) is 0 Å². The summed E-state index contributed by atoms with van der Waals surface area (Å²) in [5.41, 5.74) is 6.47. The molecule has 1 N–H and O–H groups in total. The van der Waals surface area contributed by atoms with E-state index in [-0.39, 0.29) is 5.91 Å². The lowest BCUT2D eigenvalue weighted by Gasteiger charge is -2.08. The molecule has 3 aromatic carbocycles. The monoisotopic (exact) mass is 564 g/mol. The van der Waals surface area contributed by atoms with E-state index in [0.717, 1.165) is 22.0 Å². The second kappa shape index (κ2) is 10.0. The van der Waals surface area contributed by atoms with Gasteiger partial charge in [0.1, 0.15) is 5.75 Å². The fourth-order valence-corrected chi connectivity index (χ4v) is 5.08. The number of nitrogens with zero attached hydrogens (tertiary/aromatic N) is 3. The smallest absolute Gasteiger partial charge is 0.271 e. The summed E-state index contributed by atoms with van der Waals surface area (Å²) in [6, 6.07) is 21.1. The first-order valence-electron chi connectivity index (χ1n) is 9.94. The minimum Gasteiger partial charge on any atom is -0.494 e. The Morgan fingerprint density at radius 2 is 1.85 bits per heavy atom. The molecule has 1 heterocycles. The van der Waals surface area contributed by atoms with Crippen LogP contribution in [0.3, 0.4) is 0 Å². The van der Waals surface area contributed by atoms with Crippen LogP contribution < -0.4 is 10.2 Å². The van der Waals surface area contributed by atoms with Gasteiger partial charge in [-0.3, -0.25) is 4.79 Å². The van der Waals surface area contributed by atoms with Crippen molar-refractivity contribution in [2.45, 2.75) is 6.54 Å². The molecule has 8 heteroatoms. The Balaban J connectivity index is 1.58. The first-order valence-corrected chi connectivity index (χ1v) is 11.5. The number of fused-ring (bicyclic) bond motifs is 1. The second-order valence-electron chi connectivity index (χ2n) is 7.17. The lowest BCUT2D eigenvalue weighted by atomic mass is 10.1. The molecule has 0 aliphatic heterocycles. The third kappa shape index (κ3) is 4.85. The molecule has 4 aromatic rings. The average molecular weight is 566 g/mol. The number of halogens is 2. The van der Waals surface area contributed by atoms with E-state index < -0.39 is 0 Å². The minimum absolute atomic E-state index is 0.345. The summed E-state index contributed by atoms with van der Waals surface area (Å²) < 4.78 is 8.67. The highest BCUT2D eigenvalue weighted by atomic mass is 79.9. The average Bonchev–Trinajstić information content (AvgIpc) is 3.16. The summed E-state index contributed by atoms with van der Waals surface area (Å²) in [5, 5.41) is 14.6. The van der Waals surface area contributed by atoms with Gasteiger partial charge in [-0.15, -0.1) is 0 Å². The number of nitriles is 1. The van der Waals surface area contributed by atoms with E-state index in [1.54, 1.807) is 25.5 Å². The Kier molecular flexibility index (Phi) is 6.92. The SMILES string of the molecule is COc1c(Br)cc(C(=O)N/N=C/c2cn(Cc3ccccc3C#N)c3ccccc23)cc1Br. The van der Waals surface area contributed by atoms with Gasteiger partial charge in [-0.2, -0.15) is 10.4 Å². The summed E-state index contributed by atoms with van der Waals surface area (Å²) >= 11 is 6.80. The molecule has 1 amide bonds. The molecule has 6 nitrogen and oxygen atoms in total. The zero-order valence-electron chi connectivity index (χ0n) is 17.5. The number of ether oxygens (including phenoxy) is 1. The molecule has 0 aliphatic carbocycles. The van der Waals surface area contributed by atoms with Gasteiger partial charge < -0.3 is 9.30 Å². The van der Waals surface area contributed by atoms with E-state index in [1.165, 1.54) is 0 Å². The van der Waals surface area contributed by atoms with Crippen LogP contribution in [-0.2, 0) is 6.54 Å². The normalized spacial score (nSPS) is 11.0. The molecule has 0 aliphatic rings. The predicted molar refractivity (Wildman–Crippen MR) is 136 cm³/mol. The second-order valence-corrected chi connectivity index (χ2v) is 8.88. The number of hydrogen-bond donors (Lipinski definition) is 1. The number of carbonyl (C=O) groups is 1. The molecule has 0 radical (unpaired) electrons. The molecular weight excluding hydrogens is 548 g/mol. The van der Waals surface area contributed by atoms with Crippen LogP contribution in [0, 0.1) is 11.3 Å². The Morgan fingerprint density at radius 1 is 1.15 bits per heavy atom. The van der Waals surface area contributed by atoms with E-state index in [0.29, 0.717) is 32.4 Å². The molecule has 164 valence electrons. The molecule has 0 spiro atoms. The first kappa shape index (κ1) is 22.8. The Bertz CT molecular complexity index is 1400. The van der Waals surface area contributed by atoms with E-state index >= 15 is 0 Å². The van der Waals surface area contributed by atoms with Crippen molar-refractivity contribution in [2.75, 3.05) is 7.11 Å². The molecule has 0 bridgehead atoms. The molecule has 0 fully saturated rings. The quantitative estimate of drug-likeness (QED) is 0.235. The molecule has 4 rings (SSSR count). The van der Waals surface area contributed by atoms with Gasteiger partial charge in [0.25, 0.3) is 5.91 Å². The lowest BCUT2D eigenvalue weighted by Crippen LogP contribution is -2.17. The minimum atomic E-state index is -0.345. The van der Waals surface area contributed by atoms with Gasteiger partial charge in [0, 0.05) is 34.8 Å². The molecule has 0 atom stereocenters. The number of carbonyl (C=O) groups excluding carboxylic acids is 1. The van der Waals surface area contributed by atoms with E-state index in [1.807, 2.05) is 54.7 Å². The van der Waals surface area contributed by atoms with Crippen LogP contribution in [-0.4, -0.2) is 23.8 Å². The highest BCUT2D eigenvalue weighted by Gasteiger charge is 2.13. The first-order chi connectivity index (χ1) is 16.0. The van der Waals surface area contributed by atoms with E-state index in [2.05, 4.69) is 53.0 Å². The number of hydrogen-bond acceptors (Lipinski definition) is 4. The van der Waals surface area contributed by atoms with Crippen LogP contribution >= 0.6 is 31.9 Å². The predicted octanol–water partition coefficient (Wildman–Crippen LogP) is 5.86. The van der Waals surface area contributed by atoms with E-state index in [9.17, 15) is 10.1 Å². The number of amides is 1.